The topological polar surface area (TPSA) is 61.4 Å². The van der Waals surface area contributed by atoms with Gasteiger partial charge in [-0.3, -0.25) is 4.79 Å². The van der Waals surface area contributed by atoms with Crippen molar-refractivity contribution in [1.29, 1.82) is 0 Å². The minimum atomic E-state index is -0.339. The number of carbonyl (C=O) groups is 2. The van der Waals surface area contributed by atoms with Crippen molar-refractivity contribution < 1.29 is 14.0 Å². The molecule has 1 fully saturated rings. The van der Waals surface area contributed by atoms with Crippen molar-refractivity contribution in [3.05, 3.63) is 53.8 Å². The second kappa shape index (κ2) is 8.22. The van der Waals surface area contributed by atoms with E-state index in [-0.39, 0.29) is 23.8 Å². The van der Waals surface area contributed by atoms with Gasteiger partial charge in [0.05, 0.1) is 6.04 Å². The highest BCUT2D eigenvalue weighted by atomic mass is 32.2. The van der Waals surface area contributed by atoms with E-state index in [1.165, 1.54) is 17.8 Å². The maximum absolute atomic E-state index is 14.0. The van der Waals surface area contributed by atoms with Gasteiger partial charge in [0.15, 0.2) is 0 Å². The number of piperidine rings is 1. The summed E-state index contributed by atoms with van der Waals surface area (Å²) in [6.45, 7) is 0.705. The summed E-state index contributed by atoms with van der Waals surface area (Å²) in [5.74, 6) is 0.630. The predicted molar refractivity (Wildman–Crippen MR) is 109 cm³/mol. The molecule has 146 valence electrons. The van der Waals surface area contributed by atoms with E-state index >= 15 is 0 Å². The number of amides is 3. The Bertz CT molecular complexity index is 905. The molecule has 0 bridgehead atoms. The highest BCUT2D eigenvalue weighted by Crippen LogP contribution is 2.37. The lowest BCUT2D eigenvalue weighted by Gasteiger charge is -2.27. The maximum atomic E-state index is 14.0. The first-order valence-electron chi connectivity index (χ1n) is 9.51. The van der Waals surface area contributed by atoms with Crippen LogP contribution in [0.5, 0.6) is 0 Å². The summed E-state index contributed by atoms with van der Waals surface area (Å²) >= 11 is 1.48. The molecule has 1 unspecified atom stereocenters. The van der Waals surface area contributed by atoms with E-state index in [1.807, 2.05) is 24.3 Å². The predicted octanol–water partition coefficient (Wildman–Crippen LogP) is 4.70. The summed E-state index contributed by atoms with van der Waals surface area (Å²) < 4.78 is 14.0. The summed E-state index contributed by atoms with van der Waals surface area (Å²) in [7, 11) is 0. The molecule has 2 N–H and O–H groups in total. The number of nitrogens with zero attached hydrogens (tertiary/aromatic N) is 1. The van der Waals surface area contributed by atoms with Gasteiger partial charge in [0.25, 0.3) is 0 Å². The number of rotatable bonds is 3. The van der Waals surface area contributed by atoms with Crippen LogP contribution in [0.1, 0.15) is 37.3 Å². The molecule has 0 aromatic heterocycles. The fraction of sp³-hybridized carbons (Fsp3) is 0.333. The molecule has 7 heteroatoms. The monoisotopic (exact) mass is 399 g/mol. The minimum absolute atomic E-state index is 0.117. The van der Waals surface area contributed by atoms with Gasteiger partial charge in [-0.05, 0) is 49.1 Å². The molecule has 2 aliphatic rings. The van der Waals surface area contributed by atoms with Gasteiger partial charge in [0.2, 0.25) is 5.91 Å². The van der Waals surface area contributed by atoms with Crippen LogP contribution in [-0.2, 0) is 4.79 Å². The molecule has 5 nitrogen and oxygen atoms in total. The van der Waals surface area contributed by atoms with Crippen molar-refractivity contribution in [2.45, 2.75) is 36.6 Å². The SMILES string of the molecule is O=C(Nc1cccc(N2CCCCC2=O)c1)NC1CCSc2c(F)cccc21. The van der Waals surface area contributed by atoms with Crippen LogP contribution >= 0.6 is 11.8 Å². The van der Waals surface area contributed by atoms with E-state index in [2.05, 4.69) is 10.6 Å². The molecule has 4 rings (SSSR count). The van der Waals surface area contributed by atoms with Crippen LogP contribution in [0.2, 0.25) is 0 Å². The first-order valence-corrected chi connectivity index (χ1v) is 10.5. The number of hydrogen-bond acceptors (Lipinski definition) is 3. The number of fused-ring (bicyclic) bond motifs is 1. The van der Waals surface area contributed by atoms with Crippen LogP contribution < -0.4 is 15.5 Å². The van der Waals surface area contributed by atoms with Crippen LogP contribution in [0.25, 0.3) is 0 Å². The first kappa shape index (κ1) is 18.8. The summed E-state index contributed by atoms with van der Waals surface area (Å²) in [5.41, 5.74) is 2.24. The normalized spacial score (nSPS) is 19.1. The van der Waals surface area contributed by atoms with E-state index in [4.69, 9.17) is 0 Å². The summed E-state index contributed by atoms with van der Waals surface area (Å²) in [6, 6.07) is 11.7. The van der Waals surface area contributed by atoms with Crippen molar-refractivity contribution in [3.63, 3.8) is 0 Å². The summed E-state index contributed by atoms with van der Waals surface area (Å²) in [5, 5.41) is 5.79. The molecule has 0 spiro atoms. The van der Waals surface area contributed by atoms with Gasteiger partial charge in [-0.2, -0.15) is 0 Å². The third kappa shape index (κ3) is 3.99. The van der Waals surface area contributed by atoms with Crippen LogP contribution in [0, 0.1) is 5.82 Å². The number of halogens is 1. The number of urea groups is 1. The van der Waals surface area contributed by atoms with E-state index in [0.29, 0.717) is 23.5 Å². The Morgan fingerprint density at radius 2 is 2.04 bits per heavy atom. The fourth-order valence-corrected chi connectivity index (χ4v) is 4.83. The minimum Gasteiger partial charge on any atom is -0.331 e. The number of thioether (sulfide) groups is 1. The lowest BCUT2D eigenvalue weighted by atomic mass is 10.0. The van der Waals surface area contributed by atoms with Crippen LogP contribution in [-0.4, -0.2) is 24.2 Å². The third-order valence-corrected chi connectivity index (χ3v) is 6.23. The van der Waals surface area contributed by atoms with Gasteiger partial charge < -0.3 is 15.5 Å². The fourth-order valence-electron chi connectivity index (χ4n) is 3.69. The van der Waals surface area contributed by atoms with Gasteiger partial charge in [-0.25, -0.2) is 9.18 Å². The largest absolute Gasteiger partial charge is 0.331 e. The van der Waals surface area contributed by atoms with E-state index in [9.17, 15) is 14.0 Å². The second-order valence-corrected chi connectivity index (χ2v) is 8.10. The Balaban J connectivity index is 1.44. The number of anilines is 2. The molecule has 2 aromatic rings. The quantitative estimate of drug-likeness (QED) is 0.786. The van der Waals surface area contributed by atoms with Gasteiger partial charge in [0, 0.05) is 35.0 Å². The van der Waals surface area contributed by atoms with Crippen LogP contribution in [0.4, 0.5) is 20.6 Å². The molecular formula is C21H22FN3O2S. The zero-order valence-corrected chi connectivity index (χ0v) is 16.2. The molecule has 28 heavy (non-hydrogen) atoms. The standard InChI is InChI=1S/C21H22FN3O2S/c22-17-8-4-7-16-18(10-12-28-20(16)17)24-21(27)23-14-5-3-6-15(13-14)25-11-2-1-9-19(25)26/h3-8,13,18H,1-2,9-12H2,(H2,23,24,27). The van der Waals surface area contributed by atoms with Crippen molar-refractivity contribution in [2.75, 3.05) is 22.5 Å². The molecule has 0 aliphatic carbocycles. The molecular weight excluding hydrogens is 377 g/mol. The Labute approximate surface area is 167 Å². The highest BCUT2D eigenvalue weighted by Gasteiger charge is 2.25. The average molecular weight is 399 g/mol. The van der Waals surface area contributed by atoms with Gasteiger partial charge in [-0.1, -0.05) is 18.2 Å². The highest BCUT2D eigenvalue weighted by molar-refractivity contribution is 7.99. The second-order valence-electron chi connectivity index (χ2n) is 7.00. The smallest absolute Gasteiger partial charge is 0.319 e. The molecule has 2 aliphatic heterocycles. The van der Waals surface area contributed by atoms with E-state index in [0.717, 1.165) is 36.3 Å². The molecule has 1 saturated heterocycles. The number of carbonyl (C=O) groups excluding carboxylic acids is 2. The Morgan fingerprint density at radius 3 is 2.89 bits per heavy atom. The van der Waals surface area contributed by atoms with Crippen LogP contribution in [0.3, 0.4) is 0 Å². The zero-order valence-electron chi connectivity index (χ0n) is 15.4. The summed E-state index contributed by atoms with van der Waals surface area (Å²) in [6.07, 6.45) is 3.22. The number of hydrogen-bond donors (Lipinski definition) is 2. The van der Waals surface area contributed by atoms with Crippen LogP contribution in [0.15, 0.2) is 47.4 Å². The lowest BCUT2D eigenvalue weighted by molar-refractivity contribution is -0.119. The van der Waals surface area contributed by atoms with Gasteiger partial charge >= 0.3 is 6.03 Å². The first-order chi connectivity index (χ1) is 13.6. The van der Waals surface area contributed by atoms with Crippen molar-refractivity contribution in [1.82, 2.24) is 5.32 Å². The van der Waals surface area contributed by atoms with E-state index in [1.54, 1.807) is 17.0 Å². The van der Waals surface area contributed by atoms with Crippen molar-refractivity contribution in [2.24, 2.45) is 0 Å². The number of benzene rings is 2. The van der Waals surface area contributed by atoms with Crippen molar-refractivity contribution in [3.8, 4) is 0 Å². The Morgan fingerprint density at radius 1 is 1.18 bits per heavy atom. The molecule has 0 saturated carbocycles. The van der Waals surface area contributed by atoms with Gasteiger partial charge in [0.1, 0.15) is 5.82 Å². The van der Waals surface area contributed by atoms with Gasteiger partial charge in [-0.15, -0.1) is 11.8 Å². The molecule has 1 atom stereocenters. The molecule has 0 radical (unpaired) electrons. The Kier molecular flexibility index (Phi) is 5.52. The average Bonchev–Trinajstić information content (AvgIpc) is 2.69. The number of nitrogens with one attached hydrogen (secondary N) is 2. The molecule has 2 aromatic carbocycles. The molecule has 2 heterocycles. The Hall–Kier alpha value is -2.54. The summed E-state index contributed by atoms with van der Waals surface area (Å²) in [4.78, 5) is 27.0. The van der Waals surface area contributed by atoms with Crippen molar-refractivity contribution >= 4 is 35.1 Å². The zero-order chi connectivity index (χ0) is 19.5. The van der Waals surface area contributed by atoms with E-state index < -0.39 is 0 Å². The molecule has 3 amide bonds. The third-order valence-electron chi connectivity index (χ3n) is 5.07. The lowest BCUT2D eigenvalue weighted by Crippen LogP contribution is -2.35. The maximum Gasteiger partial charge on any atom is 0.319 e.